The van der Waals surface area contributed by atoms with Gasteiger partial charge >= 0.3 is 0 Å². The molecular formula is C89H126N24O18S. The van der Waals surface area contributed by atoms with Gasteiger partial charge in [-0.2, -0.15) is 0 Å². The van der Waals surface area contributed by atoms with Crippen LogP contribution in [-0.4, -0.2) is 307 Å². The lowest BCUT2D eigenvalue weighted by Crippen LogP contribution is -2.61. The Hall–Kier alpha value is -13.5. The third-order valence-electron chi connectivity index (χ3n) is 23.1. The molecule has 2 aliphatic heterocycles. The Labute approximate surface area is 768 Å². The number of carbonyl (C=O) groups excluding carboxylic acids is 17. The Bertz CT molecular complexity index is 5050. The number of aromatic amines is 3. The van der Waals surface area contributed by atoms with Crippen LogP contribution in [0.5, 0.6) is 0 Å². The van der Waals surface area contributed by atoms with E-state index in [1.54, 1.807) is 105 Å². The number of carbonyl (C=O) groups is 17. The maximum absolute atomic E-state index is 15.7. The maximum atomic E-state index is 15.7. The largest absolute Gasteiger partial charge is 0.394 e. The van der Waals surface area contributed by atoms with Gasteiger partial charge in [-0.3, -0.25) is 86.9 Å². The average molecular weight is 1850 g/mol. The second-order valence-electron chi connectivity index (χ2n) is 33.7. The van der Waals surface area contributed by atoms with E-state index in [2.05, 4.69) is 78.4 Å². The third-order valence-corrected chi connectivity index (χ3v) is 24.2. The van der Waals surface area contributed by atoms with Crippen LogP contribution in [0.15, 0.2) is 104 Å². The molecule has 42 nitrogen and oxygen atoms in total. The molecule has 0 saturated carbocycles. The number of para-hydroxylation sites is 2. The number of nitrogens with one attached hydrogen (secondary N) is 15. The summed E-state index contributed by atoms with van der Waals surface area (Å²) in [7, 11) is 5.25. The van der Waals surface area contributed by atoms with Gasteiger partial charge in [0.15, 0.2) is 5.96 Å². The topological polar surface area (TPSA) is 621 Å². The highest BCUT2D eigenvalue weighted by molar-refractivity contribution is 8.00. The Balaban J connectivity index is 1.18. The number of nitrogens with zero attached hydrogens (tertiary/aromatic N) is 6. The number of aliphatic hydroxyl groups excluding tert-OH is 1. The molecule has 3 aromatic carbocycles. The smallest absolute Gasteiger partial charge is 0.246 e. The summed E-state index contributed by atoms with van der Waals surface area (Å²) in [5, 5.41) is 49.4. The van der Waals surface area contributed by atoms with Gasteiger partial charge in [-0.25, -0.2) is 4.98 Å². The molecular weight excluding hydrogens is 1730 g/mol. The molecule has 5 heterocycles. The Kier molecular flexibility index (Phi) is 39.9. The number of H-pyrrole nitrogens is 3. The predicted octanol–water partition coefficient (Wildman–Crippen LogP) is -2.14. The summed E-state index contributed by atoms with van der Waals surface area (Å²) in [6.45, 7) is 5.93. The third kappa shape index (κ3) is 30.0. The van der Waals surface area contributed by atoms with Crippen LogP contribution < -0.4 is 75.7 Å². The van der Waals surface area contributed by atoms with Crippen LogP contribution in [0.1, 0.15) is 134 Å². The standard InChI is InChI=1S/C89H126N24O18S/c1-10-12-30-69-82(125)102-60(29-21-33-95-89(92)93)78(121)108-68(77(120)98-44-73(91)116)47-132-48-75(118)101-64(36-52-23-15-14-16-24-52)85(128)110(7)51(5)76(119)104-66(40-72(90)115)87(130)113-34-22-32-70(113)83(126)103-62(39-55-43-94-49-99-55)80(123)105-63(35-50(3)4)84(127)109(6)45-74(117)100-61(37-53-41-96-58-27-19-17-25-56(53)58)79(122)107-67(46-114)81(124)106-65(38-54-42-97-59-28-20-18-26-57(54)59)86(129)112(9)71(31-13-11-2)88(131)111(69)8/h14-20,23-28,41-43,49-51,60-71,96-97,114H,10-13,21-22,29-40,44-48H2,1-9H3,(H2,90,115)(H2,91,116)(H,94,99)(H,98,120)(H,100,117)(H,101,118)(H,102,125)(H,103,126)(H,104,119)(H,105,123)(H,106,124)(H,107,122)(H,108,121)(H4,92,93,95)/t51-,60?,61-,62-,63-,64?,65-,66-,67-,68-,69-,70?,71-/m0/s1. The van der Waals surface area contributed by atoms with Crippen LogP contribution in [0, 0.1) is 11.3 Å². The van der Waals surface area contributed by atoms with E-state index < -0.39 is 223 Å². The number of amides is 17. The van der Waals surface area contributed by atoms with Crippen molar-refractivity contribution in [2.45, 2.75) is 216 Å². The van der Waals surface area contributed by atoms with E-state index in [1.807, 2.05) is 13.8 Å². The van der Waals surface area contributed by atoms with Gasteiger partial charge in [0.25, 0.3) is 0 Å². The normalized spacial score (nSPS) is 23.5. The number of rotatable bonds is 26. The van der Waals surface area contributed by atoms with E-state index in [1.165, 1.54) is 47.6 Å². The maximum Gasteiger partial charge on any atom is 0.246 e. The molecule has 0 bridgehead atoms. The van der Waals surface area contributed by atoms with Crippen molar-refractivity contribution in [1.82, 2.24) is 103 Å². The molecule has 43 heteroatoms. The van der Waals surface area contributed by atoms with Gasteiger partial charge < -0.3 is 120 Å². The Morgan fingerprint density at radius 2 is 1.08 bits per heavy atom. The van der Waals surface area contributed by atoms with E-state index >= 15 is 24.0 Å². The molecule has 6 aromatic rings. The monoisotopic (exact) mass is 1850 g/mol. The fraction of sp³-hybridized carbons (Fsp3) is 0.517. The number of primary amides is 2. The minimum atomic E-state index is -1.85. The predicted molar refractivity (Wildman–Crippen MR) is 490 cm³/mol. The summed E-state index contributed by atoms with van der Waals surface area (Å²) < 4.78 is 0. The lowest BCUT2D eigenvalue weighted by molar-refractivity contribution is -0.149. The number of nitrogens with two attached hydrogens (primary N) is 3. The average Bonchev–Trinajstić information content (AvgIpc) is 1.48. The fourth-order valence-corrected chi connectivity index (χ4v) is 16.7. The summed E-state index contributed by atoms with van der Waals surface area (Å²) in [4.78, 5) is 267. The van der Waals surface area contributed by atoms with Gasteiger partial charge in [0, 0.05) is 119 Å². The number of hydrogen-bond donors (Lipinski definition) is 19. The highest BCUT2D eigenvalue weighted by Crippen LogP contribution is 2.26. The van der Waals surface area contributed by atoms with Crippen LogP contribution in [0.25, 0.3) is 21.8 Å². The van der Waals surface area contributed by atoms with Crippen molar-refractivity contribution in [3.8, 4) is 0 Å². The molecule has 0 radical (unpaired) electrons. The first-order chi connectivity index (χ1) is 62.9. The van der Waals surface area contributed by atoms with Crippen molar-refractivity contribution < 1.29 is 86.6 Å². The SMILES string of the molecule is CCCC[C@H]1C(=O)N(C)[C@@H](CCCC)C(=O)NC(CCCNC(=N)N)C(=O)N[C@H](C(=O)NCC(N)=O)CSCC(=O)NC(Cc2ccccc2)C(=O)N(C)[C@@H](C)C(=O)N[C@@H](CC(N)=O)C(=O)N2CCCC2C(=O)N[C@@H](Cc2cnc[nH]2)C(=O)N[C@@H](CC(C)C)C(=O)N(C)CC(=O)N[C@@H](Cc2c[nH]c3ccccc23)C(=O)N[C@@H](CO)C(=O)N[C@@H](Cc2c[nH]c3ccccc23)C(=O)N1C. The highest BCUT2D eigenvalue weighted by atomic mass is 32.2. The molecule has 13 atom stereocenters. The second kappa shape index (κ2) is 50.6. The molecule has 716 valence electrons. The van der Waals surface area contributed by atoms with Crippen molar-refractivity contribution in [3.63, 3.8) is 0 Å². The first kappa shape index (κ1) is 104. The quantitative estimate of drug-likeness (QED) is 0.0157. The lowest BCUT2D eigenvalue weighted by Gasteiger charge is -2.36. The van der Waals surface area contributed by atoms with Crippen molar-refractivity contribution in [2.75, 3.05) is 72.5 Å². The minimum Gasteiger partial charge on any atom is -0.394 e. The number of aliphatic hydroxyl groups is 1. The number of likely N-dealkylation sites (N-methyl/N-ethyl adjacent to an activating group) is 4. The first-order valence-corrected chi connectivity index (χ1v) is 45.4. The highest BCUT2D eigenvalue weighted by Gasteiger charge is 2.44. The van der Waals surface area contributed by atoms with E-state index in [4.69, 9.17) is 22.6 Å². The van der Waals surface area contributed by atoms with Crippen molar-refractivity contribution >= 4 is 140 Å². The zero-order valence-corrected chi connectivity index (χ0v) is 76.7. The molecule has 2 aliphatic rings. The van der Waals surface area contributed by atoms with Crippen LogP contribution >= 0.6 is 11.8 Å². The lowest BCUT2D eigenvalue weighted by atomic mass is 10.00. The molecule has 2 saturated heterocycles. The molecule has 0 aliphatic carbocycles. The molecule has 17 amide bonds. The number of benzene rings is 3. The van der Waals surface area contributed by atoms with Gasteiger partial charge in [0.05, 0.1) is 38.2 Å². The number of unbranched alkanes of at least 4 members (excludes halogenated alkanes) is 2. The Morgan fingerprint density at radius 3 is 1.67 bits per heavy atom. The van der Waals surface area contributed by atoms with Gasteiger partial charge in [-0.1, -0.05) is 120 Å². The number of aromatic nitrogens is 4. The van der Waals surface area contributed by atoms with Crippen LogP contribution in [-0.2, 0) is 107 Å². The van der Waals surface area contributed by atoms with Gasteiger partial charge in [-0.15, -0.1) is 11.8 Å². The fourth-order valence-electron chi connectivity index (χ4n) is 15.8. The number of imidazole rings is 1. The van der Waals surface area contributed by atoms with Crippen molar-refractivity contribution in [2.24, 2.45) is 23.1 Å². The van der Waals surface area contributed by atoms with Crippen LogP contribution in [0.3, 0.4) is 0 Å². The molecule has 3 aromatic heterocycles. The Morgan fingerprint density at radius 1 is 0.538 bits per heavy atom. The number of fused-ring (bicyclic) bond motifs is 3. The molecule has 3 unspecified atom stereocenters. The van der Waals surface area contributed by atoms with E-state index in [0.717, 1.165) is 36.3 Å². The number of hydrogen-bond acceptors (Lipinski definition) is 21. The van der Waals surface area contributed by atoms with Crippen molar-refractivity contribution in [1.29, 1.82) is 5.41 Å². The molecule has 8 rings (SSSR count). The van der Waals surface area contributed by atoms with E-state index in [-0.39, 0.29) is 89.6 Å². The van der Waals surface area contributed by atoms with E-state index in [0.29, 0.717) is 69.9 Å². The second-order valence-corrected chi connectivity index (χ2v) is 34.7. The van der Waals surface area contributed by atoms with E-state index in [9.17, 15) is 62.6 Å². The van der Waals surface area contributed by atoms with Crippen LogP contribution in [0.4, 0.5) is 0 Å². The summed E-state index contributed by atoms with van der Waals surface area (Å²) in [5.74, 6) is -17.1. The first-order valence-electron chi connectivity index (χ1n) is 44.2. The van der Waals surface area contributed by atoms with Gasteiger partial charge in [0.1, 0.15) is 78.5 Å². The summed E-state index contributed by atoms with van der Waals surface area (Å²) in [6, 6.07) is 2.90. The molecule has 132 heavy (non-hydrogen) atoms. The zero-order chi connectivity index (χ0) is 96.6. The molecule has 2 fully saturated rings. The number of guanidine groups is 1. The van der Waals surface area contributed by atoms with Gasteiger partial charge in [0.2, 0.25) is 100 Å². The zero-order valence-electron chi connectivity index (χ0n) is 75.9. The molecule has 0 spiro atoms. The summed E-state index contributed by atoms with van der Waals surface area (Å²) in [5.41, 5.74) is 20.0. The van der Waals surface area contributed by atoms with Gasteiger partial charge in [-0.05, 0) is 86.6 Å². The number of thioether (sulfide) groups is 1. The van der Waals surface area contributed by atoms with Crippen molar-refractivity contribution in [3.05, 3.63) is 126 Å². The summed E-state index contributed by atoms with van der Waals surface area (Å²) >= 11 is 0.795. The summed E-state index contributed by atoms with van der Waals surface area (Å²) in [6.07, 6.45) is 6.01. The van der Waals surface area contributed by atoms with Crippen LogP contribution in [0.2, 0.25) is 0 Å². The molecule has 22 N–H and O–H groups in total. The minimum absolute atomic E-state index is 0.00145.